The number of anilines is 2. The van der Waals surface area contributed by atoms with Crippen LogP contribution in [0.4, 0.5) is 11.5 Å². The number of aliphatic hydroxyl groups excluding tert-OH is 2. The first-order chi connectivity index (χ1) is 26.4. The van der Waals surface area contributed by atoms with Crippen molar-refractivity contribution in [2.75, 3.05) is 45.2 Å². The molecule has 0 radical (unpaired) electrons. The molecular weight excluding hydrogens is 745 g/mol. The zero-order chi connectivity index (χ0) is 38.8. The minimum absolute atomic E-state index is 0.0116. The number of nitrogens with zero attached hydrogens (tertiary/aromatic N) is 7. The van der Waals surface area contributed by atoms with Crippen LogP contribution in [0.25, 0.3) is 33.4 Å². The summed E-state index contributed by atoms with van der Waals surface area (Å²) in [6, 6.07) is 13.5. The van der Waals surface area contributed by atoms with Crippen LogP contribution in [0, 0.1) is 6.92 Å². The van der Waals surface area contributed by atoms with Crippen LogP contribution in [0.1, 0.15) is 42.3 Å². The Kier molecular flexibility index (Phi) is 9.95. The molecule has 288 valence electrons. The first-order valence-electron chi connectivity index (χ1n) is 18.4. The molecule has 55 heavy (non-hydrogen) atoms. The molecule has 3 atom stereocenters. The Labute approximate surface area is 327 Å². The Morgan fingerprint density at radius 3 is 2.47 bits per heavy atom. The molecule has 16 heteroatoms. The molecule has 3 aromatic heterocycles. The van der Waals surface area contributed by atoms with Gasteiger partial charge >= 0.3 is 5.69 Å². The first kappa shape index (κ1) is 37.5. The van der Waals surface area contributed by atoms with E-state index in [-0.39, 0.29) is 35.0 Å². The fourth-order valence-electron chi connectivity index (χ4n) is 8.57. The zero-order valence-electron chi connectivity index (χ0n) is 31.1. The van der Waals surface area contributed by atoms with Gasteiger partial charge in [0.2, 0.25) is 5.88 Å². The quantitative estimate of drug-likeness (QED) is 0.178. The predicted molar refractivity (Wildman–Crippen MR) is 212 cm³/mol. The largest absolute Gasteiger partial charge is 0.481 e. The third-order valence-electron chi connectivity index (χ3n) is 11.4. The summed E-state index contributed by atoms with van der Waals surface area (Å²) in [5.74, 6) is 1.18. The maximum absolute atomic E-state index is 13.3. The topological polar surface area (TPSA) is 163 Å². The number of nitrogens with one attached hydrogen (secondary N) is 2. The molecule has 4 N–H and O–H groups in total. The Hall–Kier alpha value is -4.41. The summed E-state index contributed by atoms with van der Waals surface area (Å²) in [4.78, 5) is 44.2. The van der Waals surface area contributed by atoms with Crippen LogP contribution < -0.4 is 26.6 Å². The standard InChI is InChI=1S/C39H43Cl2N9O5/c1-21-42-33(30-34(43-21)47(2)38(54)48(3)36(30)52)44-26-10-6-8-24(32(26)41)23-7-5-9-25(31(23)40)27-19-22-11-12-28(29(22)35(45-27)55-4)50-16-14-39(20-50)13-15-49(17-18-51)37(53)46-39/h5-10,19,28,37,46,51,53H,11-18,20H2,1-4H3,(H,42,43,44). The summed E-state index contributed by atoms with van der Waals surface area (Å²) >= 11 is 14.3. The van der Waals surface area contributed by atoms with Gasteiger partial charge in [-0.1, -0.05) is 53.5 Å². The van der Waals surface area contributed by atoms with Crippen LogP contribution >= 0.6 is 23.2 Å². The lowest BCUT2D eigenvalue weighted by Gasteiger charge is -2.44. The molecule has 0 bridgehead atoms. The predicted octanol–water partition coefficient (Wildman–Crippen LogP) is 4.12. The second-order valence-electron chi connectivity index (χ2n) is 14.7. The van der Waals surface area contributed by atoms with Gasteiger partial charge in [-0.15, -0.1) is 0 Å². The first-order valence-corrected chi connectivity index (χ1v) is 19.1. The number of halogens is 2. The number of fused-ring (bicyclic) bond motifs is 2. The summed E-state index contributed by atoms with van der Waals surface area (Å²) in [5, 5.41) is 27.8. The number of rotatable bonds is 8. The molecule has 2 aromatic carbocycles. The van der Waals surface area contributed by atoms with E-state index >= 15 is 0 Å². The molecule has 2 saturated heterocycles. The van der Waals surface area contributed by atoms with Gasteiger partial charge in [0, 0.05) is 74.1 Å². The minimum atomic E-state index is -0.777. The van der Waals surface area contributed by atoms with Gasteiger partial charge in [-0.3, -0.25) is 29.0 Å². The molecule has 0 saturated carbocycles. The van der Waals surface area contributed by atoms with Gasteiger partial charge in [-0.2, -0.15) is 0 Å². The average Bonchev–Trinajstić information content (AvgIpc) is 3.79. The molecule has 3 aliphatic rings. The van der Waals surface area contributed by atoms with Crippen LogP contribution in [0.3, 0.4) is 0 Å². The Morgan fingerprint density at radius 1 is 1.00 bits per heavy atom. The van der Waals surface area contributed by atoms with E-state index < -0.39 is 17.6 Å². The van der Waals surface area contributed by atoms with Crippen LogP contribution in [-0.2, 0) is 20.5 Å². The van der Waals surface area contributed by atoms with E-state index in [0.717, 1.165) is 61.0 Å². The highest BCUT2D eigenvalue weighted by atomic mass is 35.5. The lowest BCUT2D eigenvalue weighted by molar-refractivity contribution is -0.0820. The second-order valence-corrected chi connectivity index (χ2v) is 15.4. The number of ether oxygens (including phenoxy) is 1. The molecule has 5 aromatic rings. The minimum Gasteiger partial charge on any atom is -0.481 e. The van der Waals surface area contributed by atoms with Crippen molar-refractivity contribution in [3.8, 4) is 28.3 Å². The van der Waals surface area contributed by atoms with Crippen molar-refractivity contribution >= 4 is 45.7 Å². The number of aromatic nitrogens is 5. The smallest absolute Gasteiger partial charge is 0.332 e. The number of methoxy groups -OCH3 is 1. The molecule has 5 heterocycles. The monoisotopic (exact) mass is 787 g/mol. The van der Waals surface area contributed by atoms with Crippen molar-refractivity contribution in [3.05, 3.63) is 90.3 Å². The van der Waals surface area contributed by atoms with Crippen LogP contribution in [0.5, 0.6) is 5.88 Å². The molecule has 14 nitrogen and oxygen atoms in total. The number of hydrogen-bond donors (Lipinski definition) is 4. The van der Waals surface area contributed by atoms with E-state index in [2.05, 4.69) is 31.6 Å². The maximum atomic E-state index is 13.3. The van der Waals surface area contributed by atoms with Gasteiger partial charge in [0.25, 0.3) is 5.56 Å². The Bertz CT molecular complexity index is 2460. The Morgan fingerprint density at radius 2 is 1.73 bits per heavy atom. The van der Waals surface area contributed by atoms with E-state index in [1.807, 2.05) is 35.2 Å². The Balaban J connectivity index is 1.09. The van der Waals surface area contributed by atoms with E-state index in [1.54, 1.807) is 27.1 Å². The van der Waals surface area contributed by atoms with Crippen LogP contribution in [-0.4, -0.2) is 95.9 Å². The second kappa shape index (κ2) is 14.6. The third kappa shape index (κ3) is 6.49. The summed E-state index contributed by atoms with van der Waals surface area (Å²) in [5.41, 5.74) is 4.54. The summed E-state index contributed by atoms with van der Waals surface area (Å²) in [6.45, 7) is 4.56. The number of hydrogen-bond acceptors (Lipinski definition) is 12. The van der Waals surface area contributed by atoms with Crippen molar-refractivity contribution in [2.24, 2.45) is 14.1 Å². The van der Waals surface area contributed by atoms with Crippen LogP contribution in [0.2, 0.25) is 10.0 Å². The maximum Gasteiger partial charge on any atom is 0.332 e. The highest BCUT2D eigenvalue weighted by Crippen LogP contribution is 2.47. The number of pyridine rings is 1. The van der Waals surface area contributed by atoms with Crippen molar-refractivity contribution in [1.82, 2.24) is 39.2 Å². The molecule has 3 unspecified atom stereocenters. The van der Waals surface area contributed by atoms with Gasteiger partial charge in [-0.25, -0.2) is 19.7 Å². The molecule has 1 aliphatic carbocycles. The van der Waals surface area contributed by atoms with Crippen molar-refractivity contribution in [3.63, 3.8) is 0 Å². The molecule has 8 rings (SSSR count). The number of aryl methyl sites for hydroxylation is 3. The van der Waals surface area contributed by atoms with Gasteiger partial charge in [0.1, 0.15) is 17.0 Å². The summed E-state index contributed by atoms with van der Waals surface area (Å²) in [7, 11) is 4.63. The van der Waals surface area contributed by atoms with E-state index in [4.69, 9.17) is 32.9 Å². The zero-order valence-corrected chi connectivity index (χ0v) is 32.6. The van der Waals surface area contributed by atoms with Crippen molar-refractivity contribution in [2.45, 2.75) is 50.5 Å². The molecule has 2 aliphatic heterocycles. The lowest BCUT2D eigenvalue weighted by atomic mass is 9.92. The van der Waals surface area contributed by atoms with Crippen molar-refractivity contribution in [1.29, 1.82) is 0 Å². The van der Waals surface area contributed by atoms with Crippen molar-refractivity contribution < 1.29 is 14.9 Å². The SMILES string of the molecule is COc1nc(-c2cccc(-c3cccc(Nc4nc(C)nc5c4c(=O)n(C)c(=O)n5C)c3Cl)c2Cl)cc2c1C(N1CCC3(CCN(CCO)C(O)N3)C1)CC2. The van der Waals surface area contributed by atoms with Gasteiger partial charge in [0.15, 0.2) is 12.0 Å². The van der Waals surface area contributed by atoms with Gasteiger partial charge in [-0.05, 0) is 50.3 Å². The van der Waals surface area contributed by atoms with Crippen LogP contribution in [0.15, 0.2) is 52.1 Å². The number of aliphatic hydroxyl groups is 2. The molecule has 0 amide bonds. The molecule has 2 fully saturated rings. The average molecular weight is 789 g/mol. The lowest BCUT2D eigenvalue weighted by Crippen LogP contribution is -2.64. The highest BCUT2D eigenvalue weighted by Gasteiger charge is 2.46. The number of β-amino-alcohol motifs (C(OH)–C–C–N with tert-alkyl or cyclic N) is 1. The number of likely N-dealkylation sites (tertiary alicyclic amines) is 1. The van der Waals surface area contributed by atoms with Gasteiger partial charge < -0.3 is 20.3 Å². The van der Waals surface area contributed by atoms with E-state index in [9.17, 15) is 19.8 Å². The summed E-state index contributed by atoms with van der Waals surface area (Å²) in [6.07, 6.45) is 2.83. The molecular formula is C39H43Cl2N9O5. The fourth-order valence-corrected chi connectivity index (χ4v) is 9.17. The fraction of sp³-hybridized carbons (Fsp3) is 0.410. The normalized spacial score (nSPS) is 21.5. The molecule has 1 spiro atoms. The van der Waals surface area contributed by atoms with E-state index in [1.165, 1.54) is 17.2 Å². The van der Waals surface area contributed by atoms with Gasteiger partial charge in [0.05, 0.1) is 35.1 Å². The highest BCUT2D eigenvalue weighted by molar-refractivity contribution is 6.39. The summed E-state index contributed by atoms with van der Waals surface area (Å²) < 4.78 is 8.31. The van der Waals surface area contributed by atoms with E-state index in [0.29, 0.717) is 50.8 Å². The third-order valence-corrected chi connectivity index (χ3v) is 12.2. The number of benzene rings is 2.